The number of hydrogen-bond acceptors (Lipinski definition) is 4. The zero-order chi connectivity index (χ0) is 16.1. The lowest BCUT2D eigenvalue weighted by atomic mass is 10.1. The molecule has 0 aliphatic heterocycles. The van der Waals surface area contributed by atoms with Crippen LogP contribution in [-0.4, -0.2) is 27.2 Å². The molecule has 0 unspecified atom stereocenters. The zero-order valence-corrected chi connectivity index (χ0v) is 12.6. The van der Waals surface area contributed by atoms with Crippen LogP contribution in [0.25, 0.3) is 0 Å². The lowest BCUT2D eigenvalue weighted by Gasteiger charge is -2.05. The van der Waals surface area contributed by atoms with E-state index in [0.29, 0.717) is 24.3 Å². The third kappa shape index (κ3) is 3.69. The second kappa shape index (κ2) is 6.84. The van der Waals surface area contributed by atoms with E-state index in [-0.39, 0.29) is 11.7 Å². The van der Waals surface area contributed by atoms with Gasteiger partial charge in [0.2, 0.25) is 0 Å². The van der Waals surface area contributed by atoms with Gasteiger partial charge in [0.25, 0.3) is 5.91 Å². The number of rotatable bonds is 6. The predicted molar refractivity (Wildman–Crippen MR) is 81.8 cm³/mol. The minimum absolute atomic E-state index is 0.165. The van der Waals surface area contributed by atoms with Crippen LogP contribution in [-0.2, 0) is 13.0 Å². The molecule has 2 rings (SSSR count). The van der Waals surface area contributed by atoms with E-state index >= 15 is 0 Å². The summed E-state index contributed by atoms with van der Waals surface area (Å²) in [5, 5.41) is 17.3. The molecule has 0 saturated carbocycles. The summed E-state index contributed by atoms with van der Waals surface area (Å²) in [4.78, 5) is 22.1. The Morgan fingerprint density at radius 2 is 2.05 bits per heavy atom. The molecule has 0 aliphatic rings. The van der Waals surface area contributed by atoms with Gasteiger partial charge >= 0.3 is 5.82 Å². The molecule has 7 heteroatoms. The van der Waals surface area contributed by atoms with Gasteiger partial charge in [-0.1, -0.05) is 19.1 Å². The van der Waals surface area contributed by atoms with E-state index in [1.807, 2.05) is 12.1 Å². The largest absolute Gasteiger partial charge is 0.390 e. The summed E-state index contributed by atoms with van der Waals surface area (Å²) < 4.78 is 1.51. The maximum absolute atomic E-state index is 12.0. The van der Waals surface area contributed by atoms with Crippen LogP contribution < -0.4 is 5.32 Å². The number of amides is 1. The van der Waals surface area contributed by atoms with Gasteiger partial charge in [-0.3, -0.25) is 4.79 Å². The van der Waals surface area contributed by atoms with Crippen molar-refractivity contribution in [2.24, 2.45) is 0 Å². The highest BCUT2D eigenvalue weighted by atomic mass is 16.6. The molecule has 2 aromatic rings. The van der Waals surface area contributed by atoms with Crippen LogP contribution in [0.1, 0.15) is 28.5 Å². The van der Waals surface area contributed by atoms with Gasteiger partial charge in [-0.15, -0.1) is 0 Å². The summed E-state index contributed by atoms with van der Waals surface area (Å²) in [6.45, 7) is 4.54. The summed E-state index contributed by atoms with van der Waals surface area (Å²) in [5.74, 6) is -0.346. The molecule has 0 saturated heterocycles. The quantitative estimate of drug-likeness (QED) is 0.653. The molecule has 1 aromatic carbocycles. The molecule has 1 amide bonds. The van der Waals surface area contributed by atoms with E-state index in [2.05, 4.69) is 17.3 Å². The van der Waals surface area contributed by atoms with Crippen LogP contribution in [0.3, 0.4) is 0 Å². The Balaban J connectivity index is 1.90. The van der Waals surface area contributed by atoms with Crippen molar-refractivity contribution in [3.05, 3.63) is 57.3 Å². The van der Waals surface area contributed by atoms with E-state index in [1.165, 1.54) is 16.3 Å². The predicted octanol–water partition coefficient (Wildman–Crippen LogP) is 2.09. The Bertz CT molecular complexity index is 677. The molecule has 0 radical (unpaired) electrons. The maximum Gasteiger partial charge on any atom is 0.390 e. The van der Waals surface area contributed by atoms with Crippen molar-refractivity contribution in [3.8, 4) is 0 Å². The van der Waals surface area contributed by atoms with Crippen molar-refractivity contribution in [2.75, 3.05) is 6.54 Å². The lowest BCUT2D eigenvalue weighted by molar-refractivity contribution is -0.389. The molecule has 0 bridgehead atoms. The molecule has 7 nitrogen and oxygen atoms in total. The molecule has 0 aliphatic carbocycles. The zero-order valence-electron chi connectivity index (χ0n) is 12.6. The van der Waals surface area contributed by atoms with Gasteiger partial charge in [0.15, 0.2) is 0 Å². The Labute approximate surface area is 128 Å². The number of nitrogens with one attached hydrogen (secondary N) is 1. The fourth-order valence-electron chi connectivity index (χ4n) is 2.08. The van der Waals surface area contributed by atoms with Crippen molar-refractivity contribution in [3.63, 3.8) is 0 Å². The second-order valence-corrected chi connectivity index (χ2v) is 4.93. The Kier molecular flexibility index (Phi) is 4.88. The third-order valence-corrected chi connectivity index (χ3v) is 3.39. The summed E-state index contributed by atoms with van der Waals surface area (Å²) in [6, 6.07) is 8.84. The van der Waals surface area contributed by atoms with Gasteiger partial charge in [0.1, 0.15) is 0 Å². The normalized spacial score (nSPS) is 10.5. The van der Waals surface area contributed by atoms with Crippen molar-refractivity contribution in [1.82, 2.24) is 15.1 Å². The number of hydrogen-bond donors (Lipinski definition) is 1. The smallest absolute Gasteiger partial charge is 0.358 e. The van der Waals surface area contributed by atoms with Crippen molar-refractivity contribution >= 4 is 11.7 Å². The number of carbonyl (C=O) groups is 1. The molecule has 1 heterocycles. The molecule has 0 spiro atoms. The first-order chi connectivity index (χ1) is 10.5. The summed E-state index contributed by atoms with van der Waals surface area (Å²) in [6.07, 6.45) is 0.930. The number of carbonyl (C=O) groups excluding carboxylic acids is 1. The topological polar surface area (TPSA) is 90.1 Å². The van der Waals surface area contributed by atoms with Gasteiger partial charge in [-0.2, -0.15) is 4.68 Å². The number of aryl methyl sites for hydroxylation is 2. The second-order valence-electron chi connectivity index (χ2n) is 4.93. The van der Waals surface area contributed by atoms with Crippen molar-refractivity contribution in [2.45, 2.75) is 26.8 Å². The maximum atomic E-state index is 12.0. The Hall–Kier alpha value is -2.70. The number of aromatic nitrogens is 2. The molecule has 1 N–H and O–H groups in total. The third-order valence-electron chi connectivity index (χ3n) is 3.39. The average Bonchev–Trinajstić information content (AvgIpc) is 2.89. The number of nitrogens with zero attached hydrogens (tertiary/aromatic N) is 3. The standard InChI is InChI=1S/C15H18N4O3/c1-3-12-4-6-13(7-5-12)15(20)16-8-9-18-11(2)10-14(17-18)19(21)22/h4-7,10H,3,8-9H2,1-2H3,(H,16,20). The van der Waals surface area contributed by atoms with E-state index < -0.39 is 4.92 Å². The summed E-state index contributed by atoms with van der Waals surface area (Å²) in [5.41, 5.74) is 2.46. The molecular formula is C15H18N4O3. The van der Waals surface area contributed by atoms with Gasteiger partial charge in [-0.05, 0) is 36.0 Å². The molecule has 116 valence electrons. The van der Waals surface area contributed by atoms with Gasteiger partial charge in [0.05, 0.1) is 23.4 Å². The minimum atomic E-state index is -0.530. The monoisotopic (exact) mass is 302 g/mol. The van der Waals surface area contributed by atoms with Crippen LogP contribution in [0.5, 0.6) is 0 Å². The van der Waals surface area contributed by atoms with Crippen molar-refractivity contribution in [1.29, 1.82) is 0 Å². The van der Waals surface area contributed by atoms with Gasteiger partial charge in [-0.25, -0.2) is 0 Å². The summed E-state index contributed by atoms with van der Waals surface area (Å²) >= 11 is 0. The molecule has 22 heavy (non-hydrogen) atoms. The van der Waals surface area contributed by atoms with Crippen LogP contribution in [0.4, 0.5) is 5.82 Å². The summed E-state index contributed by atoms with van der Waals surface area (Å²) in [7, 11) is 0. The molecule has 0 fully saturated rings. The number of nitro groups is 1. The van der Waals surface area contributed by atoms with Crippen LogP contribution in [0.15, 0.2) is 30.3 Å². The van der Waals surface area contributed by atoms with Crippen molar-refractivity contribution < 1.29 is 9.72 Å². The fourth-order valence-corrected chi connectivity index (χ4v) is 2.08. The highest BCUT2D eigenvalue weighted by Crippen LogP contribution is 2.10. The van der Waals surface area contributed by atoms with E-state index in [0.717, 1.165) is 6.42 Å². The Morgan fingerprint density at radius 3 is 2.59 bits per heavy atom. The Morgan fingerprint density at radius 1 is 1.36 bits per heavy atom. The molecule has 0 atom stereocenters. The van der Waals surface area contributed by atoms with Gasteiger partial charge < -0.3 is 15.4 Å². The van der Waals surface area contributed by atoms with E-state index in [1.54, 1.807) is 19.1 Å². The van der Waals surface area contributed by atoms with Gasteiger partial charge in [0, 0.05) is 12.1 Å². The fraction of sp³-hybridized carbons (Fsp3) is 0.333. The first-order valence-corrected chi connectivity index (χ1v) is 7.07. The first-order valence-electron chi connectivity index (χ1n) is 7.07. The molecule has 1 aromatic heterocycles. The van der Waals surface area contributed by atoms with E-state index in [9.17, 15) is 14.9 Å². The van der Waals surface area contributed by atoms with Crippen LogP contribution in [0, 0.1) is 17.0 Å². The highest BCUT2D eigenvalue weighted by molar-refractivity contribution is 5.94. The van der Waals surface area contributed by atoms with Crippen LogP contribution in [0.2, 0.25) is 0 Å². The minimum Gasteiger partial charge on any atom is -0.358 e. The average molecular weight is 302 g/mol. The molecular weight excluding hydrogens is 284 g/mol. The SMILES string of the molecule is CCc1ccc(C(=O)NCCn2nc([N+](=O)[O-])cc2C)cc1. The number of benzene rings is 1. The first kappa shape index (κ1) is 15.7. The van der Waals surface area contributed by atoms with Crippen LogP contribution >= 0.6 is 0 Å². The van der Waals surface area contributed by atoms with E-state index in [4.69, 9.17) is 0 Å². The lowest BCUT2D eigenvalue weighted by Crippen LogP contribution is -2.27. The highest BCUT2D eigenvalue weighted by Gasteiger charge is 2.15.